The molecule has 4 nitrogen and oxygen atoms in total. The fourth-order valence-corrected chi connectivity index (χ4v) is 2.03. The van der Waals surface area contributed by atoms with Gasteiger partial charge in [0.2, 0.25) is 0 Å². The van der Waals surface area contributed by atoms with E-state index in [1.807, 2.05) is 25.1 Å². The van der Waals surface area contributed by atoms with Crippen molar-refractivity contribution in [2.45, 2.75) is 19.3 Å². The van der Waals surface area contributed by atoms with Crippen LogP contribution in [0.15, 0.2) is 12.1 Å². The highest BCUT2D eigenvalue weighted by Crippen LogP contribution is 2.45. The van der Waals surface area contributed by atoms with Crippen molar-refractivity contribution in [3.05, 3.63) is 18.0 Å². The molecule has 2 aromatic heterocycles. The number of hydrogen-bond donors (Lipinski definition) is 1. The fourth-order valence-electron chi connectivity index (χ4n) is 2.03. The zero-order valence-electron chi connectivity index (χ0n) is 9.86. The van der Waals surface area contributed by atoms with Crippen LogP contribution < -0.4 is 4.90 Å². The molecule has 0 spiro atoms. The van der Waals surface area contributed by atoms with Gasteiger partial charge < -0.3 is 9.88 Å². The van der Waals surface area contributed by atoms with Gasteiger partial charge in [0.15, 0.2) is 5.65 Å². The van der Waals surface area contributed by atoms with Gasteiger partial charge in [0, 0.05) is 20.0 Å². The Bertz CT molecular complexity index is 529. The molecule has 1 N–H and O–H groups in total. The number of fused-ring (bicyclic) bond motifs is 1. The standard InChI is InChI=1S/C12H16N4/c1-7-6-8(7)11-13-9-4-5-10(16(2)3)14-12(9)15-11/h4-5,7-8H,6H2,1-3H3,(H,13,14,15). The Hall–Kier alpha value is -1.58. The Morgan fingerprint density at radius 3 is 2.69 bits per heavy atom. The molecule has 0 amide bonds. The summed E-state index contributed by atoms with van der Waals surface area (Å²) in [6.45, 7) is 2.26. The summed E-state index contributed by atoms with van der Waals surface area (Å²) in [7, 11) is 3.98. The predicted octanol–water partition coefficient (Wildman–Crippen LogP) is 2.15. The lowest BCUT2D eigenvalue weighted by molar-refractivity contribution is 0.866. The van der Waals surface area contributed by atoms with Crippen LogP contribution in [0, 0.1) is 5.92 Å². The van der Waals surface area contributed by atoms with Crippen molar-refractivity contribution in [1.29, 1.82) is 0 Å². The summed E-state index contributed by atoms with van der Waals surface area (Å²) in [4.78, 5) is 14.4. The third kappa shape index (κ3) is 1.45. The molecule has 16 heavy (non-hydrogen) atoms. The van der Waals surface area contributed by atoms with Crippen LogP contribution in [0.3, 0.4) is 0 Å². The first kappa shape index (κ1) is 9.63. The third-order valence-electron chi connectivity index (χ3n) is 3.27. The summed E-state index contributed by atoms with van der Waals surface area (Å²) in [6, 6.07) is 4.07. The number of anilines is 1. The molecule has 1 aliphatic carbocycles. The first-order valence-electron chi connectivity index (χ1n) is 5.69. The normalized spacial score (nSPS) is 23.7. The maximum absolute atomic E-state index is 4.57. The van der Waals surface area contributed by atoms with Crippen LogP contribution in [0.4, 0.5) is 5.82 Å². The molecule has 4 heteroatoms. The minimum atomic E-state index is 0.622. The monoisotopic (exact) mass is 216 g/mol. The van der Waals surface area contributed by atoms with Gasteiger partial charge in [0.1, 0.15) is 11.6 Å². The van der Waals surface area contributed by atoms with Gasteiger partial charge in [-0.1, -0.05) is 6.92 Å². The molecular weight excluding hydrogens is 200 g/mol. The lowest BCUT2D eigenvalue weighted by atomic mass is 10.3. The average Bonchev–Trinajstić information content (AvgIpc) is 2.84. The first-order chi connectivity index (χ1) is 7.65. The van der Waals surface area contributed by atoms with Crippen LogP contribution in [0.2, 0.25) is 0 Å². The molecular formula is C12H16N4. The summed E-state index contributed by atoms with van der Waals surface area (Å²) in [5, 5.41) is 0. The van der Waals surface area contributed by atoms with Crippen LogP contribution >= 0.6 is 0 Å². The minimum Gasteiger partial charge on any atom is -0.363 e. The van der Waals surface area contributed by atoms with Crippen molar-refractivity contribution in [2.24, 2.45) is 5.92 Å². The lowest BCUT2D eigenvalue weighted by Crippen LogP contribution is -2.10. The zero-order chi connectivity index (χ0) is 11.3. The largest absolute Gasteiger partial charge is 0.363 e. The number of nitrogens with one attached hydrogen (secondary N) is 1. The van der Waals surface area contributed by atoms with Crippen molar-refractivity contribution in [2.75, 3.05) is 19.0 Å². The van der Waals surface area contributed by atoms with E-state index in [-0.39, 0.29) is 0 Å². The van der Waals surface area contributed by atoms with Crippen molar-refractivity contribution >= 4 is 17.0 Å². The van der Waals surface area contributed by atoms with E-state index in [1.54, 1.807) is 0 Å². The van der Waals surface area contributed by atoms with Crippen molar-refractivity contribution in [3.63, 3.8) is 0 Å². The molecule has 1 aliphatic rings. The van der Waals surface area contributed by atoms with E-state index in [9.17, 15) is 0 Å². The van der Waals surface area contributed by atoms with E-state index in [0.717, 1.165) is 28.7 Å². The fraction of sp³-hybridized carbons (Fsp3) is 0.500. The Morgan fingerprint density at radius 1 is 1.31 bits per heavy atom. The Morgan fingerprint density at radius 2 is 2.06 bits per heavy atom. The average molecular weight is 216 g/mol. The molecule has 84 valence electrons. The van der Waals surface area contributed by atoms with Gasteiger partial charge in [-0.05, 0) is 24.5 Å². The molecule has 0 radical (unpaired) electrons. The van der Waals surface area contributed by atoms with Crippen LogP contribution in [0.1, 0.15) is 25.1 Å². The summed E-state index contributed by atoms with van der Waals surface area (Å²) in [6.07, 6.45) is 1.25. The molecule has 2 heterocycles. The van der Waals surface area contributed by atoms with Crippen LogP contribution in [0.25, 0.3) is 11.2 Å². The van der Waals surface area contributed by atoms with Gasteiger partial charge in [-0.15, -0.1) is 0 Å². The lowest BCUT2D eigenvalue weighted by Gasteiger charge is -2.09. The van der Waals surface area contributed by atoms with Crippen molar-refractivity contribution in [3.8, 4) is 0 Å². The second-order valence-electron chi connectivity index (χ2n) is 4.88. The molecule has 0 saturated heterocycles. The van der Waals surface area contributed by atoms with Crippen LogP contribution in [-0.2, 0) is 0 Å². The van der Waals surface area contributed by atoms with E-state index in [2.05, 4.69) is 27.9 Å². The maximum atomic E-state index is 4.57. The molecule has 1 saturated carbocycles. The highest BCUT2D eigenvalue weighted by molar-refractivity contribution is 5.73. The van der Waals surface area contributed by atoms with Gasteiger partial charge in [0.05, 0.1) is 5.52 Å². The molecule has 2 aromatic rings. The van der Waals surface area contributed by atoms with Crippen LogP contribution in [0.5, 0.6) is 0 Å². The number of H-pyrrole nitrogens is 1. The summed E-state index contributed by atoms with van der Waals surface area (Å²) in [5.74, 6) is 3.45. The molecule has 2 atom stereocenters. The number of aromatic nitrogens is 3. The van der Waals surface area contributed by atoms with E-state index in [1.165, 1.54) is 6.42 Å². The molecule has 0 aromatic carbocycles. The Kier molecular flexibility index (Phi) is 1.93. The van der Waals surface area contributed by atoms with Crippen molar-refractivity contribution < 1.29 is 0 Å². The van der Waals surface area contributed by atoms with E-state index in [4.69, 9.17) is 0 Å². The summed E-state index contributed by atoms with van der Waals surface area (Å²) < 4.78 is 0. The molecule has 0 aliphatic heterocycles. The Balaban J connectivity index is 2.04. The molecule has 3 rings (SSSR count). The zero-order valence-corrected chi connectivity index (χ0v) is 9.86. The van der Waals surface area contributed by atoms with E-state index < -0.39 is 0 Å². The summed E-state index contributed by atoms with van der Waals surface area (Å²) in [5.41, 5.74) is 1.88. The molecule has 2 unspecified atom stereocenters. The van der Waals surface area contributed by atoms with Gasteiger partial charge in [-0.2, -0.15) is 0 Å². The number of pyridine rings is 1. The number of nitrogens with zero attached hydrogens (tertiary/aromatic N) is 3. The van der Waals surface area contributed by atoms with E-state index in [0.29, 0.717) is 5.92 Å². The van der Waals surface area contributed by atoms with Crippen molar-refractivity contribution in [1.82, 2.24) is 15.0 Å². The number of aromatic amines is 1. The van der Waals surface area contributed by atoms with Crippen LogP contribution in [-0.4, -0.2) is 29.0 Å². The molecule has 1 fully saturated rings. The topological polar surface area (TPSA) is 44.8 Å². The van der Waals surface area contributed by atoms with Gasteiger partial charge in [-0.25, -0.2) is 9.97 Å². The second-order valence-corrected chi connectivity index (χ2v) is 4.88. The Labute approximate surface area is 94.7 Å². The SMILES string of the molecule is CC1CC1c1nc2nc(N(C)C)ccc2[nH]1. The molecule has 0 bridgehead atoms. The second kappa shape index (κ2) is 3.20. The van der Waals surface area contributed by atoms with E-state index >= 15 is 0 Å². The number of rotatable bonds is 2. The maximum Gasteiger partial charge on any atom is 0.179 e. The number of hydrogen-bond acceptors (Lipinski definition) is 3. The minimum absolute atomic E-state index is 0.622. The van der Waals surface area contributed by atoms with Gasteiger partial charge in [0.25, 0.3) is 0 Å². The first-order valence-corrected chi connectivity index (χ1v) is 5.69. The predicted molar refractivity (Wildman–Crippen MR) is 64.7 cm³/mol. The third-order valence-corrected chi connectivity index (χ3v) is 3.27. The smallest absolute Gasteiger partial charge is 0.179 e. The highest BCUT2D eigenvalue weighted by atomic mass is 15.2. The summed E-state index contributed by atoms with van der Waals surface area (Å²) >= 11 is 0. The quantitative estimate of drug-likeness (QED) is 0.836. The highest BCUT2D eigenvalue weighted by Gasteiger charge is 2.36. The van der Waals surface area contributed by atoms with Gasteiger partial charge in [-0.3, -0.25) is 0 Å². The van der Waals surface area contributed by atoms with Gasteiger partial charge >= 0.3 is 0 Å². The number of imidazole rings is 1.